The van der Waals surface area contributed by atoms with Crippen LogP contribution in [0.25, 0.3) is 10.8 Å². The lowest BCUT2D eigenvalue weighted by Crippen LogP contribution is -2.51. The fourth-order valence-electron chi connectivity index (χ4n) is 4.03. The maximum atomic E-state index is 15.4. The molecular weight excluding hydrogens is 380 g/mol. The minimum atomic E-state index is -2.59. The van der Waals surface area contributed by atoms with Crippen LogP contribution in [0.5, 0.6) is 0 Å². The number of fused-ring (bicyclic) bond motifs is 1. The molecule has 0 radical (unpaired) electrons. The van der Waals surface area contributed by atoms with Crippen molar-refractivity contribution in [2.24, 2.45) is 0 Å². The Morgan fingerprint density at radius 1 is 0.724 bits per heavy atom. The van der Waals surface area contributed by atoms with E-state index in [-0.39, 0.29) is 11.6 Å². The summed E-state index contributed by atoms with van der Waals surface area (Å²) in [4.78, 5) is 0. The second-order valence-electron chi connectivity index (χ2n) is 7.11. The first-order valence-electron chi connectivity index (χ1n) is 9.62. The van der Waals surface area contributed by atoms with E-state index in [2.05, 4.69) is 19.7 Å². The first kappa shape index (κ1) is 20.7. The van der Waals surface area contributed by atoms with Crippen LogP contribution in [-0.2, 0) is 0 Å². The van der Waals surface area contributed by atoms with E-state index in [1.54, 1.807) is 24.3 Å². The predicted octanol–water partition coefficient (Wildman–Crippen LogP) is 7.76. The summed E-state index contributed by atoms with van der Waals surface area (Å²) in [7, 11) is -2.59. The molecule has 0 unspecified atom stereocenters. The molecule has 1 nitrogen and oxygen atoms in total. The van der Waals surface area contributed by atoms with Gasteiger partial charge in [-0.05, 0) is 41.7 Å². The van der Waals surface area contributed by atoms with Crippen LogP contribution >= 0.6 is 0 Å². The van der Waals surface area contributed by atoms with Crippen molar-refractivity contribution in [1.82, 2.24) is 0 Å². The Hall–Kier alpha value is -2.98. The second kappa shape index (κ2) is 9.01. The Balaban J connectivity index is 2.43. The van der Waals surface area contributed by atoms with Crippen LogP contribution in [-0.4, -0.2) is 8.24 Å². The number of allylic oxidation sites excluding steroid dienone is 3. The van der Waals surface area contributed by atoms with Crippen molar-refractivity contribution in [1.29, 1.82) is 0 Å². The molecule has 3 aromatic rings. The van der Waals surface area contributed by atoms with E-state index < -0.39 is 8.24 Å². The van der Waals surface area contributed by atoms with E-state index in [1.165, 1.54) is 12.1 Å². The third kappa shape index (κ3) is 3.94. The number of benzene rings is 3. The zero-order valence-corrected chi connectivity index (χ0v) is 17.5. The van der Waals surface area contributed by atoms with Gasteiger partial charge in [0, 0.05) is 5.39 Å². The van der Waals surface area contributed by atoms with Crippen LogP contribution in [0.1, 0.15) is 0 Å². The number of nitrogens with zero attached hydrogens (tertiary/aromatic N) is 1. The molecule has 0 heterocycles. The second-order valence-corrected chi connectivity index (χ2v) is 11.2. The average molecular weight is 406 g/mol. The van der Waals surface area contributed by atoms with Crippen LogP contribution in [0, 0.1) is 11.6 Å². The molecule has 0 aromatic heterocycles. The molecule has 148 valence electrons. The maximum Gasteiger partial charge on any atom is 0.173 e. The number of hydrogen-bond acceptors (Lipinski definition) is 1. The highest BCUT2D eigenvalue weighted by Gasteiger charge is 2.40. The lowest BCUT2D eigenvalue weighted by molar-refractivity contribution is 0.621. The molecule has 0 saturated heterocycles. The van der Waals surface area contributed by atoms with Crippen LogP contribution < -0.4 is 4.57 Å². The van der Waals surface area contributed by atoms with Crippen molar-refractivity contribution in [2.75, 3.05) is 4.57 Å². The standard InChI is InChI=1S/C25H25F2NSi/c1-4-17-29(18-5-2,19-6-3)28(24-14-10-9-13-22(24)26)25-21-12-8-7-11-20(21)15-16-23(25)27/h4-16H,1-3,17-19H2. The van der Waals surface area contributed by atoms with E-state index in [4.69, 9.17) is 0 Å². The summed E-state index contributed by atoms with van der Waals surface area (Å²) in [6.07, 6.45) is 5.53. The van der Waals surface area contributed by atoms with E-state index >= 15 is 8.78 Å². The van der Waals surface area contributed by atoms with Crippen molar-refractivity contribution in [3.05, 3.63) is 110 Å². The molecular formula is C25H25F2NSi. The van der Waals surface area contributed by atoms with Crippen molar-refractivity contribution >= 4 is 30.4 Å². The Morgan fingerprint density at radius 2 is 1.31 bits per heavy atom. The summed E-state index contributed by atoms with van der Waals surface area (Å²) in [5.41, 5.74) is 0.783. The molecule has 4 heteroatoms. The van der Waals surface area contributed by atoms with Gasteiger partial charge in [-0.2, -0.15) is 0 Å². The third-order valence-electron chi connectivity index (χ3n) is 5.22. The highest BCUT2D eigenvalue weighted by Crippen LogP contribution is 2.43. The van der Waals surface area contributed by atoms with Gasteiger partial charge in [0.05, 0.1) is 11.4 Å². The van der Waals surface area contributed by atoms with Gasteiger partial charge in [-0.1, -0.05) is 60.7 Å². The summed E-state index contributed by atoms with van der Waals surface area (Å²) in [5.74, 6) is -0.755. The summed E-state index contributed by atoms with van der Waals surface area (Å²) in [6, 6.07) is 19.3. The predicted molar refractivity (Wildman–Crippen MR) is 123 cm³/mol. The highest BCUT2D eigenvalue weighted by atomic mass is 28.3. The van der Waals surface area contributed by atoms with Crippen molar-refractivity contribution < 1.29 is 8.78 Å². The molecule has 0 aliphatic carbocycles. The first-order chi connectivity index (χ1) is 14.1. The SMILES string of the molecule is C=CC[Si](CC=C)(CC=C)N(c1ccccc1F)c1c(F)ccc2ccccc12. The zero-order chi connectivity index (χ0) is 20.9. The molecule has 0 saturated carbocycles. The maximum absolute atomic E-state index is 15.4. The topological polar surface area (TPSA) is 3.24 Å². The Morgan fingerprint density at radius 3 is 1.93 bits per heavy atom. The summed E-state index contributed by atoms with van der Waals surface area (Å²) >= 11 is 0. The minimum absolute atomic E-state index is 0.374. The average Bonchev–Trinajstić information content (AvgIpc) is 2.72. The van der Waals surface area contributed by atoms with Gasteiger partial charge in [0.2, 0.25) is 0 Å². The van der Waals surface area contributed by atoms with Crippen LogP contribution in [0.3, 0.4) is 0 Å². The fourth-order valence-corrected chi connectivity index (χ4v) is 8.09. The molecule has 0 spiro atoms. The molecule has 0 fully saturated rings. The Bertz CT molecular complexity index is 1020. The smallest absolute Gasteiger partial charge is 0.173 e. The van der Waals surface area contributed by atoms with Gasteiger partial charge in [0.1, 0.15) is 11.6 Å². The Labute approximate surface area is 172 Å². The molecule has 0 amide bonds. The number of halogens is 2. The molecule has 0 N–H and O–H groups in total. The van der Waals surface area contributed by atoms with Crippen molar-refractivity contribution in [2.45, 2.75) is 18.1 Å². The molecule has 29 heavy (non-hydrogen) atoms. The summed E-state index contributed by atoms with van der Waals surface area (Å²) in [5, 5.41) is 1.66. The van der Waals surface area contributed by atoms with E-state index in [0.29, 0.717) is 29.5 Å². The van der Waals surface area contributed by atoms with Gasteiger partial charge in [-0.15, -0.1) is 19.7 Å². The van der Waals surface area contributed by atoms with E-state index in [9.17, 15) is 0 Å². The molecule has 0 bridgehead atoms. The number of rotatable bonds is 9. The molecule has 0 aliphatic heterocycles. The minimum Gasteiger partial charge on any atom is -0.363 e. The van der Waals surface area contributed by atoms with Crippen LogP contribution in [0.4, 0.5) is 20.2 Å². The lowest BCUT2D eigenvalue weighted by atomic mass is 10.1. The van der Waals surface area contributed by atoms with Crippen LogP contribution in [0.15, 0.2) is 98.6 Å². The molecule has 0 aliphatic rings. The zero-order valence-electron chi connectivity index (χ0n) is 16.5. The highest BCUT2D eigenvalue weighted by molar-refractivity contribution is 6.85. The molecule has 3 aromatic carbocycles. The van der Waals surface area contributed by atoms with E-state index in [1.807, 2.05) is 47.1 Å². The molecule has 3 rings (SSSR count). The third-order valence-corrected chi connectivity index (χ3v) is 9.77. The van der Waals surface area contributed by atoms with Gasteiger partial charge in [-0.25, -0.2) is 8.78 Å². The summed E-state index contributed by atoms with van der Waals surface area (Å²) < 4.78 is 32.4. The van der Waals surface area contributed by atoms with Crippen molar-refractivity contribution in [3.8, 4) is 0 Å². The first-order valence-corrected chi connectivity index (χ1v) is 12.2. The summed E-state index contributed by atoms with van der Waals surface area (Å²) in [6.45, 7) is 11.8. The van der Waals surface area contributed by atoms with Crippen molar-refractivity contribution in [3.63, 3.8) is 0 Å². The van der Waals surface area contributed by atoms with Gasteiger partial charge in [-0.3, -0.25) is 0 Å². The lowest BCUT2D eigenvalue weighted by Gasteiger charge is -2.43. The van der Waals surface area contributed by atoms with Gasteiger partial charge in [0.15, 0.2) is 8.24 Å². The van der Waals surface area contributed by atoms with E-state index in [0.717, 1.165) is 10.8 Å². The fraction of sp³-hybridized carbons (Fsp3) is 0.120. The van der Waals surface area contributed by atoms with Gasteiger partial charge >= 0.3 is 0 Å². The number of para-hydroxylation sites is 1. The normalized spacial score (nSPS) is 11.2. The quantitative estimate of drug-likeness (QED) is 0.260. The monoisotopic (exact) mass is 405 g/mol. The van der Waals surface area contributed by atoms with Crippen LogP contribution in [0.2, 0.25) is 18.1 Å². The Kier molecular flexibility index (Phi) is 6.45. The molecule has 0 atom stereocenters. The number of hydrogen-bond donors (Lipinski definition) is 0. The van der Waals surface area contributed by atoms with Gasteiger partial charge < -0.3 is 4.57 Å². The van der Waals surface area contributed by atoms with Gasteiger partial charge in [0.25, 0.3) is 0 Å². The number of anilines is 2. The largest absolute Gasteiger partial charge is 0.363 e.